The Morgan fingerprint density at radius 2 is 2.06 bits per heavy atom. The van der Waals surface area contributed by atoms with Crippen molar-refractivity contribution in [3.05, 3.63) is 52.3 Å². The highest BCUT2D eigenvalue weighted by Crippen LogP contribution is 2.32. The second-order valence-electron chi connectivity index (χ2n) is 3.44. The maximum atomic E-state index is 13.0. The Morgan fingerprint density at radius 3 is 2.56 bits per heavy atom. The largest absolute Gasteiger partial charge is 0.478 e. The third kappa shape index (κ3) is 3.37. The second-order valence-corrected chi connectivity index (χ2v) is 4.53. The Hall–Kier alpha value is -1.75. The minimum Gasteiger partial charge on any atom is -0.478 e. The highest BCUT2D eigenvalue weighted by atomic mass is 32.2. The van der Waals surface area contributed by atoms with Crippen LogP contribution in [0, 0.1) is 5.82 Å². The van der Waals surface area contributed by atoms with Crippen molar-refractivity contribution in [3.8, 4) is 0 Å². The normalized spacial score (nSPS) is 12.6. The van der Waals surface area contributed by atoms with Crippen molar-refractivity contribution >= 4 is 17.7 Å². The number of halogens is 1. The molecule has 1 aromatic rings. The molecule has 0 bridgehead atoms. The first-order chi connectivity index (χ1) is 8.49. The Balaban J connectivity index is 3.15. The minimum absolute atomic E-state index is 0.0664. The quantitative estimate of drug-likeness (QED) is 0.648. The summed E-state index contributed by atoms with van der Waals surface area (Å²) in [5, 5.41) is 9.03. The van der Waals surface area contributed by atoms with Crippen LogP contribution in [0.5, 0.6) is 0 Å². The Kier molecular flexibility index (Phi) is 4.97. The summed E-state index contributed by atoms with van der Waals surface area (Å²) in [5.41, 5.74) is 6.27. The van der Waals surface area contributed by atoms with Gasteiger partial charge < -0.3 is 10.8 Å². The van der Waals surface area contributed by atoms with Crippen molar-refractivity contribution < 1.29 is 14.3 Å². The molecule has 3 nitrogen and oxygen atoms in total. The standard InChI is InChI=1S/C13H14FNO2S/c1-3-10(15)11(4-2)18-12-6-5-8(14)7-9(12)13(16)17/h3-7H,15H2,1-2H3,(H,16,17)/b10-3+,11-4+. The molecule has 0 saturated carbocycles. The molecule has 96 valence electrons. The van der Waals surface area contributed by atoms with Crippen molar-refractivity contribution in [2.24, 2.45) is 5.73 Å². The van der Waals surface area contributed by atoms with Crippen molar-refractivity contribution in [2.75, 3.05) is 0 Å². The van der Waals surface area contributed by atoms with Gasteiger partial charge in [0, 0.05) is 15.5 Å². The molecule has 0 aliphatic carbocycles. The van der Waals surface area contributed by atoms with Gasteiger partial charge in [0.2, 0.25) is 0 Å². The van der Waals surface area contributed by atoms with Gasteiger partial charge in [-0.05, 0) is 32.0 Å². The number of benzene rings is 1. The van der Waals surface area contributed by atoms with Gasteiger partial charge in [0.15, 0.2) is 0 Å². The van der Waals surface area contributed by atoms with Gasteiger partial charge >= 0.3 is 5.97 Å². The number of carbonyl (C=O) groups is 1. The number of rotatable bonds is 4. The number of allylic oxidation sites excluding steroid dienone is 2. The molecule has 1 rings (SSSR count). The first-order valence-electron chi connectivity index (χ1n) is 5.28. The number of thioether (sulfide) groups is 1. The van der Waals surface area contributed by atoms with Crippen LogP contribution in [-0.2, 0) is 0 Å². The fraction of sp³-hybridized carbons (Fsp3) is 0.154. The summed E-state index contributed by atoms with van der Waals surface area (Å²) in [5.74, 6) is -1.73. The fourth-order valence-electron chi connectivity index (χ4n) is 1.30. The van der Waals surface area contributed by atoms with E-state index in [1.807, 2.05) is 6.92 Å². The van der Waals surface area contributed by atoms with E-state index in [0.29, 0.717) is 10.6 Å². The van der Waals surface area contributed by atoms with Gasteiger partial charge in [-0.3, -0.25) is 0 Å². The SMILES string of the molecule is C/C=C(N)\C(=C/C)Sc1ccc(F)cc1C(=O)O. The Morgan fingerprint density at radius 1 is 1.39 bits per heavy atom. The Labute approximate surface area is 109 Å². The van der Waals surface area contributed by atoms with E-state index < -0.39 is 11.8 Å². The lowest BCUT2D eigenvalue weighted by molar-refractivity contribution is 0.0692. The molecule has 0 amide bonds. The summed E-state index contributed by atoms with van der Waals surface area (Å²) in [7, 11) is 0. The Bertz CT molecular complexity index is 524. The van der Waals surface area contributed by atoms with Crippen LogP contribution in [0.15, 0.2) is 45.8 Å². The third-order valence-electron chi connectivity index (χ3n) is 2.25. The van der Waals surface area contributed by atoms with Crippen molar-refractivity contribution in [2.45, 2.75) is 18.7 Å². The fourth-order valence-corrected chi connectivity index (χ4v) is 2.29. The van der Waals surface area contributed by atoms with E-state index in [1.54, 1.807) is 19.1 Å². The molecular formula is C13H14FNO2S. The van der Waals surface area contributed by atoms with Gasteiger partial charge in [-0.25, -0.2) is 9.18 Å². The molecule has 0 aliphatic heterocycles. The van der Waals surface area contributed by atoms with E-state index >= 15 is 0 Å². The van der Waals surface area contributed by atoms with Crippen LogP contribution in [0.2, 0.25) is 0 Å². The van der Waals surface area contributed by atoms with Crippen LogP contribution in [0.1, 0.15) is 24.2 Å². The van der Waals surface area contributed by atoms with Gasteiger partial charge in [-0.2, -0.15) is 0 Å². The smallest absolute Gasteiger partial charge is 0.336 e. The second kappa shape index (κ2) is 6.26. The zero-order valence-corrected chi connectivity index (χ0v) is 10.9. The van der Waals surface area contributed by atoms with Crippen LogP contribution in [0.3, 0.4) is 0 Å². The van der Waals surface area contributed by atoms with Crippen LogP contribution >= 0.6 is 11.8 Å². The molecule has 3 N–H and O–H groups in total. The lowest BCUT2D eigenvalue weighted by Crippen LogP contribution is -2.02. The van der Waals surface area contributed by atoms with Gasteiger partial charge in [0.1, 0.15) is 5.82 Å². The third-order valence-corrected chi connectivity index (χ3v) is 3.52. The number of nitrogens with two attached hydrogens (primary N) is 1. The lowest BCUT2D eigenvalue weighted by atomic mass is 10.2. The average molecular weight is 267 g/mol. The summed E-state index contributed by atoms with van der Waals surface area (Å²) < 4.78 is 13.0. The number of carboxylic acids is 1. The van der Waals surface area contributed by atoms with E-state index in [1.165, 1.54) is 23.9 Å². The zero-order valence-electron chi connectivity index (χ0n) is 10.1. The van der Waals surface area contributed by atoms with Crippen LogP contribution in [0.25, 0.3) is 0 Å². The molecule has 0 radical (unpaired) electrons. The van der Waals surface area contributed by atoms with E-state index in [2.05, 4.69) is 0 Å². The molecule has 1 aromatic carbocycles. The van der Waals surface area contributed by atoms with Gasteiger partial charge in [0.25, 0.3) is 0 Å². The molecule has 0 atom stereocenters. The molecule has 18 heavy (non-hydrogen) atoms. The molecule has 0 aromatic heterocycles. The maximum absolute atomic E-state index is 13.0. The maximum Gasteiger partial charge on any atom is 0.336 e. The summed E-state index contributed by atoms with van der Waals surface area (Å²) in [6.45, 7) is 3.60. The lowest BCUT2D eigenvalue weighted by Gasteiger charge is -2.09. The number of hydrogen-bond acceptors (Lipinski definition) is 3. The number of carboxylic acid groups (broad SMARTS) is 1. The molecule has 0 aliphatic rings. The van der Waals surface area contributed by atoms with Gasteiger partial charge in [-0.1, -0.05) is 23.9 Å². The van der Waals surface area contributed by atoms with Crippen LogP contribution < -0.4 is 5.73 Å². The molecule has 0 unspecified atom stereocenters. The zero-order chi connectivity index (χ0) is 13.7. The van der Waals surface area contributed by atoms with E-state index in [9.17, 15) is 9.18 Å². The molecular weight excluding hydrogens is 253 g/mol. The minimum atomic E-state index is -1.16. The van der Waals surface area contributed by atoms with Crippen LogP contribution in [0.4, 0.5) is 4.39 Å². The number of aromatic carboxylic acids is 1. The molecule has 5 heteroatoms. The average Bonchev–Trinajstić information content (AvgIpc) is 2.36. The van der Waals surface area contributed by atoms with Crippen molar-refractivity contribution in [3.63, 3.8) is 0 Å². The first kappa shape index (κ1) is 14.3. The highest BCUT2D eigenvalue weighted by Gasteiger charge is 2.13. The van der Waals surface area contributed by atoms with Crippen molar-refractivity contribution in [1.82, 2.24) is 0 Å². The summed E-state index contributed by atoms with van der Waals surface area (Å²) in [6.07, 6.45) is 3.52. The first-order valence-corrected chi connectivity index (χ1v) is 6.10. The highest BCUT2D eigenvalue weighted by molar-refractivity contribution is 8.03. The predicted molar refractivity (Wildman–Crippen MR) is 70.9 cm³/mol. The van der Waals surface area contributed by atoms with Crippen molar-refractivity contribution in [1.29, 1.82) is 0 Å². The summed E-state index contributed by atoms with van der Waals surface area (Å²) in [6, 6.07) is 3.67. The van der Waals surface area contributed by atoms with Crippen LogP contribution in [-0.4, -0.2) is 11.1 Å². The molecule has 0 heterocycles. The van der Waals surface area contributed by atoms with E-state index in [-0.39, 0.29) is 5.56 Å². The monoisotopic (exact) mass is 267 g/mol. The molecule has 0 spiro atoms. The molecule has 0 fully saturated rings. The van der Waals surface area contributed by atoms with Gasteiger partial charge in [-0.15, -0.1) is 0 Å². The topological polar surface area (TPSA) is 63.3 Å². The summed E-state index contributed by atoms with van der Waals surface area (Å²) in [4.78, 5) is 12.2. The molecule has 0 saturated heterocycles. The van der Waals surface area contributed by atoms with Gasteiger partial charge in [0.05, 0.1) is 5.56 Å². The number of hydrogen-bond donors (Lipinski definition) is 2. The van der Waals surface area contributed by atoms with E-state index in [4.69, 9.17) is 10.8 Å². The summed E-state index contributed by atoms with van der Waals surface area (Å²) >= 11 is 1.21. The predicted octanol–water partition coefficient (Wildman–Crippen LogP) is 3.38. The van der Waals surface area contributed by atoms with E-state index in [0.717, 1.165) is 11.0 Å².